The molecule has 0 spiro atoms. The zero-order valence-corrected chi connectivity index (χ0v) is 11.3. The van der Waals surface area contributed by atoms with Crippen LogP contribution in [0.2, 0.25) is 0 Å². The van der Waals surface area contributed by atoms with Gasteiger partial charge >= 0.3 is 0 Å². The van der Waals surface area contributed by atoms with E-state index in [0.29, 0.717) is 24.1 Å². The van der Waals surface area contributed by atoms with Crippen LogP contribution >= 0.6 is 0 Å². The first-order valence-electron chi connectivity index (χ1n) is 6.61. The molecule has 1 fully saturated rings. The maximum Gasteiger partial charge on any atom is 0.240 e. The first-order chi connectivity index (χ1) is 8.56. The number of aromatic nitrogens is 2. The zero-order valence-electron chi connectivity index (χ0n) is 11.3. The average Bonchev–Trinajstić information content (AvgIpc) is 2.78. The molecule has 0 atom stereocenters. The van der Waals surface area contributed by atoms with E-state index in [4.69, 9.17) is 4.52 Å². The molecule has 0 amide bonds. The highest BCUT2D eigenvalue weighted by Gasteiger charge is 2.23. The van der Waals surface area contributed by atoms with Gasteiger partial charge in [-0.2, -0.15) is 4.98 Å². The largest absolute Gasteiger partial charge is 0.338 e. The number of Topliss-reactive ketones (excluding diaryl/α,β-unsaturated/α-hetero) is 1. The number of likely N-dealkylation sites (tertiary alicyclic amines) is 1. The van der Waals surface area contributed by atoms with Crippen molar-refractivity contribution in [2.45, 2.75) is 46.1 Å². The lowest BCUT2D eigenvalue weighted by atomic mass is 9.93. The predicted molar refractivity (Wildman–Crippen MR) is 67.1 cm³/mol. The number of hydrogen-bond acceptors (Lipinski definition) is 5. The summed E-state index contributed by atoms with van der Waals surface area (Å²) in [7, 11) is 0. The molecule has 1 aromatic rings. The minimum absolute atomic E-state index is 0.246. The Bertz CT molecular complexity index is 406. The standard InChI is InChI=1S/C13H21N3O2/c1-9(2)13-14-12(18-15-13)8-16-6-4-11(5-7-16)10(3)17/h9,11H,4-8H2,1-3H3. The maximum absolute atomic E-state index is 11.3. The molecule has 0 N–H and O–H groups in total. The molecule has 1 aliphatic rings. The summed E-state index contributed by atoms with van der Waals surface area (Å²) < 4.78 is 5.23. The van der Waals surface area contributed by atoms with Gasteiger partial charge in [0, 0.05) is 11.8 Å². The highest BCUT2D eigenvalue weighted by Crippen LogP contribution is 2.19. The molecule has 18 heavy (non-hydrogen) atoms. The van der Waals surface area contributed by atoms with Gasteiger partial charge in [0.1, 0.15) is 5.78 Å². The van der Waals surface area contributed by atoms with Gasteiger partial charge in [-0.3, -0.25) is 9.69 Å². The molecule has 0 unspecified atom stereocenters. The Balaban J connectivity index is 1.85. The summed E-state index contributed by atoms with van der Waals surface area (Å²) in [5, 5.41) is 3.96. The van der Waals surface area contributed by atoms with Crippen LogP contribution in [0.15, 0.2) is 4.52 Å². The van der Waals surface area contributed by atoms with Crippen LogP contribution in [0, 0.1) is 5.92 Å². The lowest BCUT2D eigenvalue weighted by Crippen LogP contribution is -2.35. The first-order valence-corrected chi connectivity index (χ1v) is 6.61. The van der Waals surface area contributed by atoms with Crippen LogP contribution < -0.4 is 0 Å². The number of piperidine rings is 1. The van der Waals surface area contributed by atoms with E-state index in [1.165, 1.54) is 0 Å². The van der Waals surface area contributed by atoms with Crippen LogP contribution in [0.5, 0.6) is 0 Å². The number of rotatable bonds is 4. The summed E-state index contributed by atoms with van der Waals surface area (Å²) >= 11 is 0. The third-order valence-corrected chi connectivity index (χ3v) is 3.52. The molecule has 5 nitrogen and oxygen atoms in total. The Hall–Kier alpha value is -1.23. The van der Waals surface area contributed by atoms with Crippen LogP contribution in [0.1, 0.15) is 51.2 Å². The van der Waals surface area contributed by atoms with E-state index in [2.05, 4.69) is 15.0 Å². The van der Waals surface area contributed by atoms with E-state index in [0.717, 1.165) is 31.8 Å². The summed E-state index contributed by atoms with van der Waals surface area (Å²) in [4.78, 5) is 17.9. The van der Waals surface area contributed by atoms with Crippen molar-refractivity contribution in [3.63, 3.8) is 0 Å². The van der Waals surface area contributed by atoms with Crippen molar-refractivity contribution in [2.24, 2.45) is 5.92 Å². The average molecular weight is 251 g/mol. The van der Waals surface area contributed by atoms with Gasteiger partial charge in [0.2, 0.25) is 5.89 Å². The van der Waals surface area contributed by atoms with Crippen molar-refractivity contribution in [3.05, 3.63) is 11.7 Å². The molecule has 1 aliphatic heterocycles. The van der Waals surface area contributed by atoms with E-state index < -0.39 is 0 Å². The molecular formula is C13H21N3O2. The first kappa shape index (κ1) is 13.2. The molecule has 2 rings (SSSR count). The van der Waals surface area contributed by atoms with Gasteiger partial charge in [0.25, 0.3) is 0 Å². The molecule has 0 bridgehead atoms. The molecule has 100 valence electrons. The second-order valence-electron chi connectivity index (χ2n) is 5.36. The zero-order chi connectivity index (χ0) is 13.1. The topological polar surface area (TPSA) is 59.2 Å². The second-order valence-corrected chi connectivity index (χ2v) is 5.36. The van der Waals surface area contributed by atoms with E-state index in [9.17, 15) is 4.79 Å². The Morgan fingerprint density at radius 1 is 1.44 bits per heavy atom. The van der Waals surface area contributed by atoms with Gasteiger partial charge in [-0.05, 0) is 32.9 Å². The van der Waals surface area contributed by atoms with E-state index in [1.807, 2.05) is 13.8 Å². The summed E-state index contributed by atoms with van der Waals surface area (Å²) in [5.74, 6) is 2.30. The predicted octanol–water partition coefficient (Wildman–Crippen LogP) is 1.99. The Morgan fingerprint density at radius 3 is 2.61 bits per heavy atom. The summed E-state index contributed by atoms with van der Waals surface area (Å²) in [6, 6.07) is 0. The van der Waals surface area contributed by atoms with Crippen LogP contribution in [-0.4, -0.2) is 33.9 Å². The van der Waals surface area contributed by atoms with Crippen LogP contribution in [0.25, 0.3) is 0 Å². The van der Waals surface area contributed by atoms with Crippen molar-refractivity contribution >= 4 is 5.78 Å². The Morgan fingerprint density at radius 2 is 2.11 bits per heavy atom. The normalized spacial score (nSPS) is 18.4. The van der Waals surface area contributed by atoms with Gasteiger partial charge in [0.05, 0.1) is 6.54 Å². The fraction of sp³-hybridized carbons (Fsp3) is 0.769. The fourth-order valence-corrected chi connectivity index (χ4v) is 2.26. The van der Waals surface area contributed by atoms with Gasteiger partial charge in [0.15, 0.2) is 5.82 Å². The molecule has 5 heteroatoms. The van der Waals surface area contributed by atoms with Gasteiger partial charge in [-0.15, -0.1) is 0 Å². The summed E-state index contributed by atoms with van der Waals surface area (Å²) in [5.41, 5.74) is 0. The lowest BCUT2D eigenvalue weighted by molar-refractivity contribution is -0.122. The van der Waals surface area contributed by atoms with Crippen LogP contribution in [-0.2, 0) is 11.3 Å². The monoisotopic (exact) mass is 251 g/mol. The smallest absolute Gasteiger partial charge is 0.240 e. The second kappa shape index (κ2) is 5.61. The van der Waals surface area contributed by atoms with Crippen molar-refractivity contribution in [3.8, 4) is 0 Å². The van der Waals surface area contributed by atoms with E-state index >= 15 is 0 Å². The third kappa shape index (κ3) is 3.16. The molecule has 0 aliphatic carbocycles. The van der Waals surface area contributed by atoms with Gasteiger partial charge in [-0.25, -0.2) is 0 Å². The van der Waals surface area contributed by atoms with Crippen molar-refractivity contribution in [1.82, 2.24) is 15.0 Å². The molecule has 1 aromatic heterocycles. The number of hydrogen-bond donors (Lipinski definition) is 0. The summed E-state index contributed by atoms with van der Waals surface area (Å²) in [6.07, 6.45) is 1.89. The summed E-state index contributed by atoms with van der Waals surface area (Å²) in [6.45, 7) is 8.35. The Labute approximate surface area is 108 Å². The fourth-order valence-electron chi connectivity index (χ4n) is 2.26. The van der Waals surface area contributed by atoms with E-state index in [1.54, 1.807) is 6.92 Å². The molecule has 1 saturated heterocycles. The number of carbonyl (C=O) groups excluding carboxylic acids is 1. The number of carbonyl (C=O) groups is 1. The van der Waals surface area contributed by atoms with Crippen LogP contribution in [0.3, 0.4) is 0 Å². The molecular weight excluding hydrogens is 230 g/mol. The highest BCUT2D eigenvalue weighted by atomic mass is 16.5. The van der Waals surface area contributed by atoms with Gasteiger partial charge < -0.3 is 4.52 Å². The molecule has 0 aromatic carbocycles. The number of nitrogens with zero attached hydrogens (tertiary/aromatic N) is 3. The van der Waals surface area contributed by atoms with Crippen LogP contribution in [0.4, 0.5) is 0 Å². The van der Waals surface area contributed by atoms with E-state index in [-0.39, 0.29) is 5.92 Å². The highest BCUT2D eigenvalue weighted by molar-refractivity contribution is 5.78. The quantitative estimate of drug-likeness (QED) is 0.819. The number of ketones is 1. The minimum Gasteiger partial charge on any atom is -0.338 e. The Kier molecular flexibility index (Phi) is 4.11. The SMILES string of the molecule is CC(=O)C1CCN(Cc2nc(C(C)C)no2)CC1. The van der Waals surface area contributed by atoms with Crippen molar-refractivity contribution in [2.75, 3.05) is 13.1 Å². The lowest BCUT2D eigenvalue weighted by Gasteiger charge is -2.29. The van der Waals surface area contributed by atoms with Crippen molar-refractivity contribution < 1.29 is 9.32 Å². The molecule has 2 heterocycles. The van der Waals surface area contributed by atoms with Gasteiger partial charge in [-0.1, -0.05) is 19.0 Å². The third-order valence-electron chi connectivity index (χ3n) is 3.52. The molecule has 0 radical (unpaired) electrons. The maximum atomic E-state index is 11.3. The molecule has 0 saturated carbocycles. The van der Waals surface area contributed by atoms with Crippen molar-refractivity contribution in [1.29, 1.82) is 0 Å². The minimum atomic E-state index is 0.246.